The van der Waals surface area contributed by atoms with E-state index >= 15 is 0 Å². The Kier molecular flexibility index (Phi) is 5.25. The molecule has 0 atom stereocenters. The van der Waals surface area contributed by atoms with Gasteiger partial charge in [-0.3, -0.25) is 4.79 Å². The molecule has 0 aliphatic heterocycles. The van der Waals surface area contributed by atoms with Crippen LogP contribution in [0.2, 0.25) is 0 Å². The Hall–Kier alpha value is -1.91. The Morgan fingerprint density at radius 2 is 1.75 bits per heavy atom. The van der Waals surface area contributed by atoms with E-state index in [0.29, 0.717) is 0 Å². The van der Waals surface area contributed by atoms with Crippen molar-refractivity contribution in [3.63, 3.8) is 0 Å². The second-order valence-corrected chi connectivity index (χ2v) is 6.57. The normalized spacial score (nSPS) is 11.2. The van der Waals surface area contributed by atoms with Crippen molar-refractivity contribution in [1.29, 1.82) is 5.26 Å². The molecular formula is C13H17N3O3S. The van der Waals surface area contributed by atoms with Gasteiger partial charge in [-0.1, -0.05) is 12.1 Å². The molecule has 0 aliphatic rings. The number of carbonyl (C=O) groups excluding carboxylic acids is 1. The topological polar surface area (TPSA) is 81.5 Å². The number of rotatable bonds is 5. The molecule has 108 valence electrons. The molecule has 0 radical (unpaired) electrons. The van der Waals surface area contributed by atoms with Crippen LogP contribution in [-0.2, 0) is 21.2 Å². The number of likely N-dealkylation sites (N-methyl/N-ethyl adjacent to an activating group) is 2. The van der Waals surface area contributed by atoms with E-state index in [1.54, 1.807) is 26.2 Å². The van der Waals surface area contributed by atoms with Gasteiger partial charge >= 0.3 is 0 Å². The summed E-state index contributed by atoms with van der Waals surface area (Å²) in [6.07, 6.45) is 0.231. The fraction of sp³-hybridized carbons (Fsp3) is 0.385. The fourth-order valence-corrected chi connectivity index (χ4v) is 2.59. The molecule has 6 nitrogen and oxygen atoms in total. The van der Waals surface area contributed by atoms with Crippen molar-refractivity contribution < 1.29 is 13.2 Å². The number of sulfonamides is 1. The highest BCUT2D eigenvalue weighted by molar-refractivity contribution is 7.89. The van der Waals surface area contributed by atoms with Crippen molar-refractivity contribution in [3.8, 4) is 6.07 Å². The number of nitriles is 1. The number of nitrogens with zero attached hydrogens (tertiary/aromatic N) is 3. The van der Waals surface area contributed by atoms with Gasteiger partial charge in [0.1, 0.15) is 0 Å². The quantitative estimate of drug-likeness (QED) is 0.790. The van der Waals surface area contributed by atoms with Gasteiger partial charge in [0.2, 0.25) is 15.9 Å². The molecule has 0 aromatic heterocycles. The fourth-order valence-electron chi connectivity index (χ4n) is 1.47. The summed E-state index contributed by atoms with van der Waals surface area (Å²) in [5.41, 5.74) is 0.749. The van der Waals surface area contributed by atoms with Crippen LogP contribution in [0, 0.1) is 11.3 Å². The van der Waals surface area contributed by atoms with Crippen LogP contribution in [0.25, 0.3) is 0 Å². The van der Waals surface area contributed by atoms with E-state index in [4.69, 9.17) is 5.26 Å². The molecule has 0 saturated heterocycles. The summed E-state index contributed by atoms with van der Waals surface area (Å²) in [6, 6.07) is 8.07. The van der Waals surface area contributed by atoms with Gasteiger partial charge in [0.15, 0.2) is 0 Å². The summed E-state index contributed by atoms with van der Waals surface area (Å²) in [4.78, 5) is 13.0. The Labute approximate surface area is 119 Å². The summed E-state index contributed by atoms with van der Waals surface area (Å²) in [7, 11) is 0.803. The van der Waals surface area contributed by atoms with Crippen molar-refractivity contribution in [2.75, 3.05) is 27.7 Å². The van der Waals surface area contributed by atoms with Gasteiger partial charge in [0, 0.05) is 21.1 Å². The van der Waals surface area contributed by atoms with Crippen LogP contribution >= 0.6 is 0 Å². The van der Waals surface area contributed by atoms with Crippen molar-refractivity contribution in [2.45, 2.75) is 11.3 Å². The summed E-state index contributed by atoms with van der Waals surface area (Å²) in [5, 5.41) is 8.57. The van der Waals surface area contributed by atoms with Crippen LogP contribution in [0.4, 0.5) is 0 Å². The van der Waals surface area contributed by atoms with Crippen molar-refractivity contribution in [2.24, 2.45) is 0 Å². The summed E-state index contributed by atoms with van der Waals surface area (Å²) < 4.78 is 25.5. The highest BCUT2D eigenvalue weighted by Crippen LogP contribution is 2.15. The van der Waals surface area contributed by atoms with Gasteiger partial charge in [0.25, 0.3) is 0 Å². The van der Waals surface area contributed by atoms with Crippen LogP contribution in [0.15, 0.2) is 29.2 Å². The summed E-state index contributed by atoms with van der Waals surface area (Å²) >= 11 is 0. The predicted molar refractivity (Wildman–Crippen MR) is 74.3 cm³/mol. The lowest BCUT2D eigenvalue weighted by Crippen LogP contribution is -2.37. The van der Waals surface area contributed by atoms with E-state index < -0.39 is 10.0 Å². The lowest BCUT2D eigenvalue weighted by atomic mass is 10.2. The van der Waals surface area contributed by atoms with Crippen LogP contribution in [0.5, 0.6) is 0 Å². The van der Waals surface area contributed by atoms with Crippen LogP contribution in [0.1, 0.15) is 5.56 Å². The molecule has 0 unspecified atom stereocenters. The van der Waals surface area contributed by atoms with E-state index in [2.05, 4.69) is 0 Å². The molecule has 7 heteroatoms. The molecule has 0 heterocycles. The first-order chi connectivity index (χ1) is 9.28. The van der Waals surface area contributed by atoms with E-state index in [9.17, 15) is 13.2 Å². The molecule has 0 N–H and O–H groups in total. The van der Waals surface area contributed by atoms with Gasteiger partial charge < -0.3 is 4.90 Å². The third-order valence-electron chi connectivity index (χ3n) is 2.77. The Morgan fingerprint density at radius 1 is 1.20 bits per heavy atom. The molecule has 0 bridgehead atoms. The summed E-state index contributed by atoms with van der Waals surface area (Å²) in [6.45, 7) is -0.213. The van der Waals surface area contributed by atoms with Gasteiger partial charge in [-0.2, -0.15) is 9.57 Å². The molecule has 0 aliphatic carbocycles. The first-order valence-electron chi connectivity index (χ1n) is 5.91. The molecule has 0 saturated carbocycles. The molecule has 0 spiro atoms. The SMILES string of the molecule is CN(C)C(=O)CN(C)S(=O)(=O)c1ccc(CC#N)cc1. The zero-order valence-electron chi connectivity index (χ0n) is 11.7. The second-order valence-electron chi connectivity index (χ2n) is 4.53. The van der Waals surface area contributed by atoms with Gasteiger partial charge in [0.05, 0.1) is 23.9 Å². The van der Waals surface area contributed by atoms with Crippen LogP contribution < -0.4 is 0 Å². The summed E-state index contributed by atoms with van der Waals surface area (Å²) in [5.74, 6) is -0.294. The third kappa shape index (κ3) is 3.79. The maximum absolute atomic E-state index is 12.2. The average Bonchev–Trinajstić information content (AvgIpc) is 2.39. The van der Waals surface area contributed by atoms with Crippen molar-refractivity contribution >= 4 is 15.9 Å². The number of benzene rings is 1. The first kappa shape index (κ1) is 16.1. The molecule has 1 amide bonds. The van der Waals surface area contributed by atoms with Crippen molar-refractivity contribution in [1.82, 2.24) is 9.21 Å². The number of amides is 1. The standard InChI is InChI=1S/C13H17N3O3S/c1-15(2)13(17)10-16(3)20(18,19)12-6-4-11(5-7-12)8-9-14/h4-7H,8,10H2,1-3H3. The largest absolute Gasteiger partial charge is 0.348 e. The Morgan fingerprint density at radius 3 is 2.20 bits per heavy atom. The third-order valence-corrected chi connectivity index (χ3v) is 4.59. The van der Waals surface area contributed by atoms with Crippen molar-refractivity contribution in [3.05, 3.63) is 29.8 Å². The second kappa shape index (κ2) is 6.50. The average molecular weight is 295 g/mol. The number of hydrogen-bond donors (Lipinski definition) is 0. The highest BCUT2D eigenvalue weighted by atomic mass is 32.2. The molecule has 20 heavy (non-hydrogen) atoms. The minimum absolute atomic E-state index is 0.105. The number of hydrogen-bond acceptors (Lipinski definition) is 4. The zero-order valence-corrected chi connectivity index (χ0v) is 12.5. The van der Waals surface area contributed by atoms with E-state index in [-0.39, 0.29) is 23.8 Å². The molecule has 0 fully saturated rings. The monoisotopic (exact) mass is 295 g/mol. The molecular weight excluding hydrogens is 278 g/mol. The zero-order chi connectivity index (χ0) is 15.3. The lowest BCUT2D eigenvalue weighted by Gasteiger charge is -2.19. The van der Waals surface area contributed by atoms with E-state index in [0.717, 1.165) is 9.87 Å². The minimum Gasteiger partial charge on any atom is -0.348 e. The molecule has 1 aromatic rings. The lowest BCUT2D eigenvalue weighted by molar-refractivity contribution is -0.128. The van der Waals surface area contributed by atoms with Gasteiger partial charge in [-0.25, -0.2) is 8.42 Å². The molecule has 1 aromatic carbocycles. The maximum Gasteiger partial charge on any atom is 0.243 e. The highest BCUT2D eigenvalue weighted by Gasteiger charge is 2.23. The van der Waals surface area contributed by atoms with Crippen LogP contribution in [0.3, 0.4) is 0 Å². The first-order valence-corrected chi connectivity index (χ1v) is 7.35. The predicted octanol–water partition coefficient (Wildman–Crippen LogP) is 0.461. The van der Waals surface area contributed by atoms with Gasteiger partial charge in [-0.15, -0.1) is 0 Å². The van der Waals surface area contributed by atoms with E-state index in [1.165, 1.54) is 24.1 Å². The number of carbonyl (C=O) groups is 1. The van der Waals surface area contributed by atoms with Crippen LogP contribution in [-0.4, -0.2) is 51.2 Å². The maximum atomic E-state index is 12.2. The Bertz CT molecular complexity index is 615. The molecule has 1 rings (SSSR count). The smallest absolute Gasteiger partial charge is 0.243 e. The minimum atomic E-state index is -3.70. The van der Waals surface area contributed by atoms with Gasteiger partial charge in [-0.05, 0) is 17.7 Å². The van der Waals surface area contributed by atoms with E-state index in [1.807, 2.05) is 6.07 Å². The Balaban J connectivity index is 2.93.